The predicted octanol–water partition coefficient (Wildman–Crippen LogP) is 2.34. The summed E-state index contributed by atoms with van der Waals surface area (Å²) >= 11 is 0. The van der Waals surface area contributed by atoms with Crippen LogP contribution >= 0.6 is 0 Å². The summed E-state index contributed by atoms with van der Waals surface area (Å²) in [5.74, 6) is 0.735. The predicted molar refractivity (Wildman–Crippen MR) is 92.8 cm³/mol. The molecule has 25 heavy (non-hydrogen) atoms. The third kappa shape index (κ3) is 3.57. The van der Waals surface area contributed by atoms with Crippen molar-refractivity contribution >= 4 is 11.0 Å². The van der Waals surface area contributed by atoms with Crippen LogP contribution in [0, 0.1) is 6.92 Å². The molecule has 0 bridgehead atoms. The number of hydrogen-bond donors (Lipinski definition) is 1. The lowest BCUT2D eigenvalue weighted by Gasteiger charge is -2.14. The number of likely N-dealkylation sites (tertiary alicyclic amines) is 1. The van der Waals surface area contributed by atoms with Crippen LogP contribution in [0.25, 0.3) is 11.0 Å². The summed E-state index contributed by atoms with van der Waals surface area (Å²) in [7, 11) is 1.88. The molecule has 0 aliphatic carbocycles. The van der Waals surface area contributed by atoms with Crippen LogP contribution in [0.5, 0.6) is 0 Å². The molecule has 1 aromatic carbocycles. The molecular weight excluding hydrogens is 321 g/mol. The van der Waals surface area contributed by atoms with Crippen LogP contribution in [0.3, 0.4) is 0 Å². The molecule has 1 N–H and O–H groups in total. The highest BCUT2D eigenvalue weighted by Gasteiger charge is 2.33. The van der Waals surface area contributed by atoms with Crippen LogP contribution in [-0.4, -0.2) is 50.0 Å². The number of nitrogens with zero attached hydrogens (tertiary/aromatic N) is 4. The van der Waals surface area contributed by atoms with Crippen molar-refractivity contribution in [3.05, 3.63) is 47.5 Å². The van der Waals surface area contributed by atoms with Crippen molar-refractivity contribution < 1.29 is 9.13 Å². The van der Waals surface area contributed by atoms with E-state index >= 15 is 0 Å². The monoisotopic (exact) mass is 343 g/mol. The summed E-state index contributed by atoms with van der Waals surface area (Å²) in [4.78, 5) is 9.81. The van der Waals surface area contributed by atoms with Gasteiger partial charge in [-0.2, -0.15) is 5.10 Å². The van der Waals surface area contributed by atoms with Gasteiger partial charge in [0.15, 0.2) is 0 Å². The van der Waals surface area contributed by atoms with E-state index in [9.17, 15) is 4.39 Å². The Hall–Kier alpha value is -2.25. The van der Waals surface area contributed by atoms with E-state index in [1.807, 2.05) is 38.5 Å². The first-order valence-corrected chi connectivity index (χ1v) is 8.47. The average molecular weight is 343 g/mol. The number of hydrogen-bond acceptors (Lipinski definition) is 4. The SMILES string of the molecule is Cc1ccc2nc(COC3CN(Cc4cnn(C)c4)CC3F)[nH]c2c1. The number of imidazole rings is 1. The fourth-order valence-electron chi connectivity index (χ4n) is 3.34. The Morgan fingerprint density at radius 1 is 1.36 bits per heavy atom. The molecule has 3 aromatic rings. The van der Waals surface area contributed by atoms with Crippen molar-refractivity contribution in [3.8, 4) is 0 Å². The van der Waals surface area contributed by atoms with Crippen molar-refractivity contribution in [3.63, 3.8) is 0 Å². The minimum absolute atomic E-state index is 0.291. The molecule has 0 spiro atoms. The molecule has 2 atom stereocenters. The Balaban J connectivity index is 1.35. The van der Waals surface area contributed by atoms with Gasteiger partial charge >= 0.3 is 0 Å². The van der Waals surface area contributed by atoms with Crippen LogP contribution in [0.4, 0.5) is 4.39 Å². The van der Waals surface area contributed by atoms with Crippen LogP contribution in [0.2, 0.25) is 0 Å². The third-order valence-corrected chi connectivity index (χ3v) is 4.56. The summed E-state index contributed by atoms with van der Waals surface area (Å²) in [5, 5.41) is 4.15. The van der Waals surface area contributed by atoms with E-state index in [0.29, 0.717) is 26.2 Å². The van der Waals surface area contributed by atoms with E-state index < -0.39 is 12.3 Å². The van der Waals surface area contributed by atoms with Gasteiger partial charge in [0.05, 0.1) is 17.2 Å². The number of fused-ring (bicyclic) bond motifs is 1. The van der Waals surface area contributed by atoms with Crippen molar-refractivity contribution in [1.82, 2.24) is 24.6 Å². The number of nitrogens with one attached hydrogen (secondary N) is 1. The summed E-state index contributed by atoms with van der Waals surface area (Å²) in [5.41, 5.74) is 4.16. The zero-order chi connectivity index (χ0) is 17.4. The van der Waals surface area contributed by atoms with Gasteiger partial charge in [0, 0.05) is 38.4 Å². The molecule has 1 fully saturated rings. The molecule has 0 radical (unpaired) electrons. The van der Waals surface area contributed by atoms with E-state index in [1.54, 1.807) is 4.68 Å². The number of alkyl halides is 1. The quantitative estimate of drug-likeness (QED) is 0.773. The Bertz CT molecular complexity index is 873. The number of aromatic amines is 1. The van der Waals surface area contributed by atoms with Crippen molar-refractivity contribution in [2.75, 3.05) is 13.1 Å². The molecule has 1 saturated heterocycles. The van der Waals surface area contributed by atoms with E-state index in [4.69, 9.17) is 4.74 Å². The number of H-pyrrole nitrogens is 1. The Morgan fingerprint density at radius 2 is 2.24 bits per heavy atom. The van der Waals surface area contributed by atoms with Gasteiger partial charge < -0.3 is 9.72 Å². The maximum Gasteiger partial charge on any atom is 0.140 e. The lowest BCUT2D eigenvalue weighted by atomic mass is 10.2. The van der Waals surface area contributed by atoms with Crippen molar-refractivity contribution in [2.45, 2.75) is 32.4 Å². The molecule has 4 rings (SSSR count). The average Bonchev–Trinajstić information content (AvgIpc) is 3.24. The Labute approximate surface area is 145 Å². The van der Waals surface area contributed by atoms with Crippen LogP contribution in [0.1, 0.15) is 17.0 Å². The minimum Gasteiger partial charge on any atom is -0.366 e. The standard InChI is InChI=1S/C18H22FN5O/c1-12-3-4-15-16(5-12)22-18(21-15)11-25-17-10-24(9-14(17)19)8-13-6-20-23(2)7-13/h3-7,14,17H,8-11H2,1-2H3,(H,21,22). The molecule has 3 heterocycles. The van der Waals surface area contributed by atoms with Crippen LogP contribution in [-0.2, 0) is 24.9 Å². The van der Waals surface area contributed by atoms with Gasteiger partial charge in [-0.3, -0.25) is 9.58 Å². The highest BCUT2D eigenvalue weighted by atomic mass is 19.1. The number of ether oxygens (including phenoxy) is 1. The normalized spacial score (nSPS) is 21.4. The highest BCUT2D eigenvalue weighted by Crippen LogP contribution is 2.21. The first-order valence-electron chi connectivity index (χ1n) is 8.47. The van der Waals surface area contributed by atoms with E-state index in [2.05, 4.69) is 26.0 Å². The van der Waals surface area contributed by atoms with Gasteiger partial charge in [0.2, 0.25) is 0 Å². The lowest BCUT2D eigenvalue weighted by molar-refractivity contribution is 0.00863. The maximum atomic E-state index is 14.3. The topological polar surface area (TPSA) is 59.0 Å². The Morgan fingerprint density at radius 3 is 3.04 bits per heavy atom. The molecule has 132 valence electrons. The first kappa shape index (κ1) is 16.2. The molecular formula is C18H22FN5O. The van der Waals surface area contributed by atoms with Crippen molar-refractivity contribution in [2.24, 2.45) is 7.05 Å². The number of halogens is 1. The number of benzene rings is 1. The second-order valence-corrected chi connectivity index (χ2v) is 6.79. The molecule has 0 amide bonds. The van der Waals surface area contributed by atoms with Gasteiger partial charge in [-0.25, -0.2) is 9.37 Å². The molecule has 0 saturated carbocycles. The Kier molecular flexibility index (Phi) is 4.27. The van der Waals surface area contributed by atoms with Gasteiger partial charge in [0.1, 0.15) is 24.7 Å². The smallest absolute Gasteiger partial charge is 0.140 e. The lowest BCUT2D eigenvalue weighted by Crippen LogP contribution is -2.24. The van der Waals surface area contributed by atoms with Crippen molar-refractivity contribution in [1.29, 1.82) is 0 Å². The van der Waals surface area contributed by atoms with E-state index in [0.717, 1.165) is 22.4 Å². The summed E-state index contributed by atoms with van der Waals surface area (Å²) in [6.45, 7) is 3.99. The van der Waals surface area contributed by atoms with Gasteiger partial charge in [-0.05, 0) is 24.6 Å². The summed E-state index contributed by atoms with van der Waals surface area (Å²) in [6, 6.07) is 6.06. The van der Waals surface area contributed by atoms with Crippen LogP contribution < -0.4 is 0 Å². The van der Waals surface area contributed by atoms with E-state index in [-0.39, 0.29) is 0 Å². The third-order valence-electron chi connectivity index (χ3n) is 4.56. The fourth-order valence-corrected chi connectivity index (χ4v) is 3.34. The first-order chi connectivity index (χ1) is 12.1. The molecule has 2 aromatic heterocycles. The molecule has 1 aliphatic rings. The molecule has 7 heteroatoms. The summed E-state index contributed by atoms with van der Waals surface area (Å²) in [6.07, 6.45) is 2.37. The second-order valence-electron chi connectivity index (χ2n) is 6.79. The van der Waals surface area contributed by atoms with Crippen LogP contribution in [0.15, 0.2) is 30.6 Å². The molecule has 6 nitrogen and oxygen atoms in total. The van der Waals surface area contributed by atoms with Gasteiger partial charge in [-0.15, -0.1) is 0 Å². The highest BCUT2D eigenvalue weighted by molar-refractivity contribution is 5.75. The van der Waals surface area contributed by atoms with Gasteiger partial charge in [0.25, 0.3) is 0 Å². The largest absolute Gasteiger partial charge is 0.366 e. The molecule has 2 unspecified atom stereocenters. The zero-order valence-corrected chi connectivity index (χ0v) is 14.4. The van der Waals surface area contributed by atoms with Gasteiger partial charge in [-0.1, -0.05) is 6.07 Å². The maximum absolute atomic E-state index is 14.3. The minimum atomic E-state index is -0.983. The van der Waals surface area contributed by atoms with E-state index in [1.165, 1.54) is 5.56 Å². The second kappa shape index (κ2) is 6.57. The number of rotatable bonds is 5. The summed E-state index contributed by atoms with van der Waals surface area (Å²) < 4.78 is 21.9. The number of aryl methyl sites for hydroxylation is 2. The fraction of sp³-hybridized carbons (Fsp3) is 0.444. The zero-order valence-electron chi connectivity index (χ0n) is 14.4. The number of aromatic nitrogens is 4. The molecule has 1 aliphatic heterocycles.